The highest BCUT2D eigenvalue weighted by atomic mass is 16.5. The molecule has 0 amide bonds. The van der Waals surface area contributed by atoms with Gasteiger partial charge in [0.2, 0.25) is 0 Å². The fourth-order valence-electron chi connectivity index (χ4n) is 2.13. The zero-order valence-electron chi connectivity index (χ0n) is 14.0. The molecule has 0 saturated heterocycles. The number of nitrogens with one attached hydrogen (secondary N) is 1. The number of aromatic nitrogens is 2. The van der Waals surface area contributed by atoms with Gasteiger partial charge in [-0.1, -0.05) is 27.2 Å². The van der Waals surface area contributed by atoms with E-state index >= 15 is 0 Å². The minimum atomic E-state index is -0.212. The standard InChI is InChI=1S/C16H29N3O2/c1-6-7-8-21-16(20)11-19-14(5)15(13(4)18-19)10-17-9-12(2)3/h12,17H,6-11H2,1-5H3. The number of carbonyl (C=O) groups excluding carboxylic acids is 1. The first kappa shape index (κ1) is 17.7. The average molecular weight is 295 g/mol. The van der Waals surface area contributed by atoms with Crippen molar-refractivity contribution < 1.29 is 9.53 Å². The third-order valence-corrected chi connectivity index (χ3v) is 3.43. The molecule has 0 fully saturated rings. The molecule has 0 aliphatic heterocycles. The smallest absolute Gasteiger partial charge is 0.327 e. The van der Waals surface area contributed by atoms with Gasteiger partial charge < -0.3 is 10.1 Å². The molecule has 0 aliphatic carbocycles. The summed E-state index contributed by atoms with van der Waals surface area (Å²) in [5.74, 6) is 0.407. The Morgan fingerprint density at radius 1 is 1.38 bits per heavy atom. The van der Waals surface area contributed by atoms with E-state index in [0.29, 0.717) is 12.5 Å². The minimum Gasteiger partial charge on any atom is -0.464 e. The van der Waals surface area contributed by atoms with Crippen molar-refractivity contribution >= 4 is 5.97 Å². The van der Waals surface area contributed by atoms with Crippen LogP contribution in [0.3, 0.4) is 0 Å². The van der Waals surface area contributed by atoms with Crippen LogP contribution in [-0.4, -0.2) is 28.9 Å². The van der Waals surface area contributed by atoms with Gasteiger partial charge in [-0.05, 0) is 32.7 Å². The van der Waals surface area contributed by atoms with Crippen molar-refractivity contribution in [2.75, 3.05) is 13.2 Å². The fraction of sp³-hybridized carbons (Fsp3) is 0.750. The number of esters is 1. The summed E-state index contributed by atoms with van der Waals surface area (Å²) < 4.78 is 6.93. The molecule has 5 heteroatoms. The SMILES string of the molecule is CCCCOC(=O)Cn1nc(C)c(CNCC(C)C)c1C. The van der Waals surface area contributed by atoms with Crippen LogP contribution in [0.5, 0.6) is 0 Å². The first-order chi connectivity index (χ1) is 9.95. The van der Waals surface area contributed by atoms with Crippen molar-refractivity contribution in [3.8, 4) is 0 Å². The van der Waals surface area contributed by atoms with Gasteiger partial charge in [-0.25, -0.2) is 0 Å². The third-order valence-electron chi connectivity index (χ3n) is 3.43. The van der Waals surface area contributed by atoms with Crippen molar-refractivity contribution in [3.63, 3.8) is 0 Å². The van der Waals surface area contributed by atoms with E-state index in [4.69, 9.17) is 4.74 Å². The first-order valence-electron chi connectivity index (χ1n) is 7.84. The molecule has 1 rings (SSSR count). The number of unbranched alkanes of at least 4 members (excludes halogenated alkanes) is 1. The molecule has 21 heavy (non-hydrogen) atoms. The average Bonchev–Trinajstić information content (AvgIpc) is 2.66. The van der Waals surface area contributed by atoms with Gasteiger partial charge in [0.05, 0.1) is 12.3 Å². The Bertz CT molecular complexity index is 453. The first-order valence-corrected chi connectivity index (χ1v) is 7.84. The van der Waals surface area contributed by atoms with Crippen molar-refractivity contribution in [3.05, 3.63) is 17.0 Å². The molecule has 5 nitrogen and oxygen atoms in total. The lowest BCUT2D eigenvalue weighted by Crippen LogP contribution is -2.20. The summed E-state index contributed by atoms with van der Waals surface area (Å²) in [4.78, 5) is 11.8. The van der Waals surface area contributed by atoms with Gasteiger partial charge in [0, 0.05) is 17.8 Å². The van der Waals surface area contributed by atoms with E-state index in [1.165, 1.54) is 5.56 Å². The summed E-state index contributed by atoms with van der Waals surface area (Å²) >= 11 is 0. The van der Waals surface area contributed by atoms with Gasteiger partial charge in [-0.3, -0.25) is 9.48 Å². The van der Waals surface area contributed by atoms with E-state index in [0.717, 1.165) is 37.3 Å². The van der Waals surface area contributed by atoms with Crippen molar-refractivity contribution in [1.82, 2.24) is 15.1 Å². The Labute approximate surface area is 128 Å². The molecule has 1 aromatic heterocycles. The highest BCUT2D eigenvalue weighted by molar-refractivity contribution is 5.69. The summed E-state index contributed by atoms with van der Waals surface area (Å²) in [5.41, 5.74) is 3.19. The number of hydrogen-bond donors (Lipinski definition) is 1. The van der Waals surface area contributed by atoms with E-state index < -0.39 is 0 Å². The van der Waals surface area contributed by atoms with Crippen molar-refractivity contribution in [2.45, 2.75) is 60.5 Å². The molecule has 0 aromatic carbocycles. The third kappa shape index (κ3) is 5.87. The molecule has 1 N–H and O–H groups in total. The number of aryl methyl sites for hydroxylation is 1. The zero-order valence-corrected chi connectivity index (χ0v) is 14.0. The molecule has 1 heterocycles. The summed E-state index contributed by atoms with van der Waals surface area (Å²) in [6.07, 6.45) is 1.94. The molecule has 0 bridgehead atoms. The van der Waals surface area contributed by atoms with Gasteiger partial charge in [-0.15, -0.1) is 0 Å². The molecule has 0 radical (unpaired) electrons. The van der Waals surface area contributed by atoms with Crippen LogP contribution in [0.1, 0.15) is 50.6 Å². The largest absolute Gasteiger partial charge is 0.464 e. The quantitative estimate of drug-likeness (QED) is 0.562. The van der Waals surface area contributed by atoms with Gasteiger partial charge in [0.1, 0.15) is 6.54 Å². The highest BCUT2D eigenvalue weighted by Gasteiger charge is 2.14. The van der Waals surface area contributed by atoms with Gasteiger partial charge in [0.25, 0.3) is 0 Å². The van der Waals surface area contributed by atoms with Crippen molar-refractivity contribution in [1.29, 1.82) is 0 Å². The second-order valence-electron chi connectivity index (χ2n) is 5.91. The number of rotatable bonds is 9. The number of carbonyl (C=O) groups is 1. The number of hydrogen-bond acceptors (Lipinski definition) is 4. The van der Waals surface area contributed by atoms with Gasteiger partial charge in [-0.2, -0.15) is 5.10 Å². The zero-order chi connectivity index (χ0) is 15.8. The molecule has 0 saturated carbocycles. The summed E-state index contributed by atoms with van der Waals surface area (Å²) in [5, 5.41) is 7.87. The predicted octanol–water partition coefficient (Wildman–Crippen LogP) is 2.59. The second-order valence-corrected chi connectivity index (χ2v) is 5.91. The Balaban J connectivity index is 2.58. The van der Waals surface area contributed by atoms with Crippen LogP contribution in [0, 0.1) is 19.8 Å². The maximum Gasteiger partial charge on any atom is 0.327 e. The predicted molar refractivity (Wildman–Crippen MR) is 84.1 cm³/mol. The Hall–Kier alpha value is -1.36. The van der Waals surface area contributed by atoms with E-state index in [-0.39, 0.29) is 12.5 Å². The van der Waals surface area contributed by atoms with E-state index in [1.54, 1.807) is 4.68 Å². The molecular formula is C16H29N3O2. The molecule has 0 unspecified atom stereocenters. The van der Waals surface area contributed by atoms with Crippen LogP contribution in [0.2, 0.25) is 0 Å². The minimum absolute atomic E-state index is 0.195. The van der Waals surface area contributed by atoms with Crippen LogP contribution in [0.25, 0.3) is 0 Å². The lowest BCUT2D eigenvalue weighted by molar-refractivity contribution is -0.144. The fourth-order valence-corrected chi connectivity index (χ4v) is 2.13. The number of ether oxygens (including phenoxy) is 1. The van der Waals surface area contributed by atoms with E-state index in [9.17, 15) is 4.79 Å². The topological polar surface area (TPSA) is 56.2 Å². The lowest BCUT2D eigenvalue weighted by Gasteiger charge is -2.08. The summed E-state index contributed by atoms with van der Waals surface area (Å²) in [7, 11) is 0. The molecular weight excluding hydrogens is 266 g/mol. The summed E-state index contributed by atoms with van der Waals surface area (Å²) in [6.45, 7) is 12.9. The van der Waals surface area contributed by atoms with Crippen LogP contribution in [-0.2, 0) is 22.6 Å². The molecule has 0 atom stereocenters. The molecule has 0 spiro atoms. The lowest BCUT2D eigenvalue weighted by atomic mass is 10.2. The second kappa shape index (κ2) is 8.82. The molecule has 120 valence electrons. The number of nitrogens with zero attached hydrogens (tertiary/aromatic N) is 2. The summed E-state index contributed by atoms with van der Waals surface area (Å²) in [6, 6.07) is 0. The van der Waals surface area contributed by atoms with Crippen LogP contribution < -0.4 is 5.32 Å². The Morgan fingerprint density at radius 2 is 2.10 bits per heavy atom. The maximum absolute atomic E-state index is 11.8. The maximum atomic E-state index is 11.8. The van der Waals surface area contributed by atoms with Crippen molar-refractivity contribution in [2.24, 2.45) is 5.92 Å². The molecule has 0 aliphatic rings. The Morgan fingerprint density at radius 3 is 2.71 bits per heavy atom. The van der Waals surface area contributed by atoms with E-state index in [1.807, 2.05) is 13.8 Å². The monoisotopic (exact) mass is 295 g/mol. The van der Waals surface area contributed by atoms with E-state index in [2.05, 4.69) is 31.2 Å². The van der Waals surface area contributed by atoms with Crippen LogP contribution in [0.4, 0.5) is 0 Å². The highest BCUT2D eigenvalue weighted by Crippen LogP contribution is 2.13. The van der Waals surface area contributed by atoms with Crippen LogP contribution >= 0.6 is 0 Å². The normalized spacial score (nSPS) is 11.1. The van der Waals surface area contributed by atoms with Crippen LogP contribution in [0.15, 0.2) is 0 Å². The van der Waals surface area contributed by atoms with Gasteiger partial charge >= 0.3 is 5.97 Å². The molecule has 1 aromatic rings. The van der Waals surface area contributed by atoms with Gasteiger partial charge in [0.15, 0.2) is 0 Å². The Kier molecular flexibility index (Phi) is 7.43.